The number of ether oxygens (including phenoxy) is 1. The highest BCUT2D eigenvalue weighted by Crippen LogP contribution is 2.49. The second kappa shape index (κ2) is 6.98. The van der Waals surface area contributed by atoms with Crippen LogP contribution in [0.4, 0.5) is 11.5 Å². The van der Waals surface area contributed by atoms with E-state index in [1.54, 1.807) is 13.3 Å². The fraction of sp³-hybridized carbons (Fsp3) is 0.429. The summed E-state index contributed by atoms with van der Waals surface area (Å²) in [6.45, 7) is 2.73. The van der Waals surface area contributed by atoms with Gasteiger partial charge in [0.15, 0.2) is 11.6 Å². The van der Waals surface area contributed by atoms with Gasteiger partial charge in [0.2, 0.25) is 0 Å². The molecule has 1 aliphatic heterocycles. The molecule has 1 aromatic heterocycles. The largest absolute Gasteiger partial charge is 0.493 e. The summed E-state index contributed by atoms with van der Waals surface area (Å²) in [5, 5.41) is 3.63. The van der Waals surface area contributed by atoms with Crippen molar-refractivity contribution in [2.24, 2.45) is 11.8 Å². The number of anilines is 2. The molecule has 1 aliphatic carbocycles. The van der Waals surface area contributed by atoms with Gasteiger partial charge in [0.05, 0.1) is 19.7 Å². The monoisotopic (exact) mass is 351 g/mol. The first-order valence-corrected chi connectivity index (χ1v) is 9.29. The molecule has 1 fully saturated rings. The zero-order valence-electron chi connectivity index (χ0n) is 15.3. The van der Waals surface area contributed by atoms with Crippen LogP contribution in [0.25, 0.3) is 0 Å². The van der Waals surface area contributed by atoms with Crippen molar-refractivity contribution in [2.75, 3.05) is 23.9 Å². The predicted octanol–water partition coefficient (Wildman–Crippen LogP) is 3.68. The molecule has 0 saturated heterocycles. The number of pyridine rings is 1. The van der Waals surface area contributed by atoms with E-state index >= 15 is 0 Å². The van der Waals surface area contributed by atoms with Gasteiger partial charge in [0, 0.05) is 23.8 Å². The Morgan fingerprint density at radius 3 is 2.81 bits per heavy atom. The number of nitrogens with zero attached hydrogens (tertiary/aromatic N) is 2. The number of carbonyl (C=O) groups is 1. The van der Waals surface area contributed by atoms with Gasteiger partial charge in [-0.15, -0.1) is 0 Å². The summed E-state index contributed by atoms with van der Waals surface area (Å²) in [4.78, 5) is 18.1. The van der Waals surface area contributed by atoms with Gasteiger partial charge in [0.25, 0.3) is 0 Å². The summed E-state index contributed by atoms with van der Waals surface area (Å²) in [7, 11) is 1.67. The van der Waals surface area contributed by atoms with E-state index in [0.717, 1.165) is 23.5 Å². The Balaban J connectivity index is 1.75. The number of carbonyl (C=O) groups excluding carboxylic acids is 1. The maximum atomic E-state index is 11.4. The lowest BCUT2D eigenvalue weighted by atomic mass is 9.80. The molecule has 2 aromatic rings. The van der Waals surface area contributed by atoms with Gasteiger partial charge in [-0.2, -0.15) is 0 Å². The van der Waals surface area contributed by atoms with Crippen LogP contribution >= 0.6 is 0 Å². The van der Waals surface area contributed by atoms with Crippen LogP contribution in [0.2, 0.25) is 0 Å². The van der Waals surface area contributed by atoms with Crippen molar-refractivity contribution < 1.29 is 9.53 Å². The van der Waals surface area contributed by atoms with Gasteiger partial charge >= 0.3 is 0 Å². The lowest BCUT2D eigenvalue weighted by molar-refractivity contribution is -0.106. The average molecular weight is 351 g/mol. The van der Waals surface area contributed by atoms with E-state index in [9.17, 15) is 4.79 Å². The molecule has 0 radical (unpaired) electrons. The van der Waals surface area contributed by atoms with E-state index in [0.29, 0.717) is 24.4 Å². The zero-order valence-corrected chi connectivity index (χ0v) is 15.3. The van der Waals surface area contributed by atoms with Crippen LogP contribution in [0.15, 0.2) is 42.6 Å². The third kappa shape index (κ3) is 2.91. The Bertz CT molecular complexity index is 790. The van der Waals surface area contributed by atoms with Crippen molar-refractivity contribution in [3.8, 4) is 5.75 Å². The molecule has 0 bridgehead atoms. The van der Waals surface area contributed by atoms with Crippen LogP contribution in [0.3, 0.4) is 0 Å². The molecule has 1 saturated carbocycles. The van der Waals surface area contributed by atoms with Gasteiger partial charge < -0.3 is 19.7 Å². The molecule has 3 atom stereocenters. The fourth-order valence-electron chi connectivity index (χ4n) is 4.38. The molecular formula is C21H25N3O2. The molecule has 2 aliphatic rings. The molecule has 4 rings (SSSR count). The van der Waals surface area contributed by atoms with E-state index in [2.05, 4.69) is 46.4 Å². The summed E-state index contributed by atoms with van der Waals surface area (Å²) in [6.07, 6.45) is 5.29. The van der Waals surface area contributed by atoms with E-state index in [1.165, 1.54) is 18.4 Å². The standard InChI is InChI=1S/C21H25N3O2/c1-14-19(23-21-18(26-2)8-5-11-22-21)16-6-3-4-7-17(16)24(12-13-25)20(14)15-9-10-15/h3-8,11,13-15,19-20H,9-10,12H2,1-2H3,(H,22,23)/t14-,19-,20-/m1/s1. The first-order chi connectivity index (χ1) is 12.7. The van der Waals surface area contributed by atoms with Gasteiger partial charge in [-0.1, -0.05) is 25.1 Å². The van der Waals surface area contributed by atoms with Gasteiger partial charge in [-0.25, -0.2) is 4.98 Å². The number of methoxy groups -OCH3 is 1. The number of hydrogen-bond acceptors (Lipinski definition) is 5. The van der Waals surface area contributed by atoms with Crippen LogP contribution in [0, 0.1) is 11.8 Å². The highest BCUT2D eigenvalue weighted by Gasteiger charge is 2.46. The normalized spacial score (nSPS) is 24.7. The fourth-order valence-corrected chi connectivity index (χ4v) is 4.38. The quantitative estimate of drug-likeness (QED) is 0.805. The minimum Gasteiger partial charge on any atom is -0.493 e. The van der Waals surface area contributed by atoms with E-state index < -0.39 is 0 Å². The molecule has 26 heavy (non-hydrogen) atoms. The van der Waals surface area contributed by atoms with Crippen molar-refractivity contribution >= 4 is 17.8 Å². The van der Waals surface area contributed by atoms with Crippen LogP contribution in [-0.2, 0) is 4.79 Å². The van der Waals surface area contributed by atoms with Crippen molar-refractivity contribution in [1.82, 2.24) is 4.98 Å². The Hall–Kier alpha value is -2.56. The molecule has 5 nitrogen and oxygen atoms in total. The van der Waals surface area contributed by atoms with Crippen molar-refractivity contribution in [3.63, 3.8) is 0 Å². The molecule has 1 aromatic carbocycles. The minimum absolute atomic E-state index is 0.128. The Labute approximate surface area is 154 Å². The smallest absolute Gasteiger partial charge is 0.169 e. The van der Waals surface area contributed by atoms with Crippen molar-refractivity contribution in [3.05, 3.63) is 48.2 Å². The zero-order chi connectivity index (χ0) is 18.1. The summed E-state index contributed by atoms with van der Waals surface area (Å²) in [5.74, 6) is 2.52. The lowest BCUT2D eigenvalue weighted by Crippen LogP contribution is -2.49. The predicted molar refractivity (Wildman–Crippen MR) is 103 cm³/mol. The maximum absolute atomic E-state index is 11.4. The molecule has 5 heteroatoms. The minimum atomic E-state index is 0.128. The van der Waals surface area contributed by atoms with Crippen LogP contribution < -0.4 is 15.0 Å². The number of benzene rings is 1. The summed E-state index contributed by atoms with van der Waals surface area (Å²) in [5.41, 5.74) is 2.37. The summed E-state index contributed by atoms with van der Waals surface area (Å²) < 4.78 is 5.47. The Morgan fingerprint density at radius 2 is 2.08 bits per heavy atom. The number of aromatic nitrogens is 1. The lowest BCUT2D eigenvalue weighted by Gasteiger charge is -2.46. The molecule has 136 valence electrons. The highest BCUT2D eigenvalue weighted by atomic mass is 16.5. The number of fused-ring (bicyclic) bond motifs is 1. The second-order valence-electron chi connectivity index (χ2n) is 7.24. The van der Waals surface area contributed by atoms with E-state index in [4.69, 9.17) is 4.74 Å². The number of para-hydroxylation sites is 1. The third-order valence-corrected chi connectivity index (χ3v) is 5.66. The summed E-state index contributed by atoms with van der Waals surface area (Å²) in [6, 6.07) is 12.7. The molecule has 0 amide bonds. The van der Waals surface area contributed by atoms with E-state index in [-0.39, 0.29) is 6.04 Å². The summed E-state index contributed by atoms with van der Waals surface area (Å²) >= 11 is 0. The first kappa shape index (κ1) is 16.9. The van der Waals surface area contributed by atoms with Crippen LogP contribution in [0.5, 0.6) is 5.75 Å². The molecule has 0 unspecified atom stereocenters. The van der Waals surface area contributed by atoms with E-state index in [1.807, 2.05) is 12.1 Å². The number of rotatable bonds is 6. The number of aldehydes is 1. The third-order valence-electron chi connectivity index (χ3n) is 5.66. The maximum Gasteiger partial charge on any atom is 0.169 e. The van der Waals surface area contributed by atoms with Gasteiger partial charge in [-0.3, -0.25) is 0 Å². The topological polar surface area (TPSA) is 54.5 Å². The van der Waals surface area contributed by atoms with Gasteiger partial charge in [0.1, 0.15) is 6.29 Å². The van der Waals surface area contributed by atoms with Crippen molar-refractivity contribution in [2.45, 2.75) is 31.8 Å². The number of nitrogens with one attached hydrogen (secondary N) is 1. The average Bonchev–Trinajstić information content (AvgIpc) is 3.50. The highest BCUT2D eigenvalue weighted by molar-refractivity contribution is 5.68. The first-order valence-electron chi connectivity index (χ1n) is 9.29. The Morgan fingerprint density at radius 1 is 1.27 bits per heavy atom. The molecule has 1 N–H and O–H groups in total. The molecule has 2 heterocycles. The molecule has 0 spiro atoms. The second-order valence-corrected chi connectivity index (χ2v) is 7.24. The van der Waals surface area contributed by atoms with Gasteiger partial charge in [-0.05, 0) is 42.5 Å². The van der Waals surface area contributed by atoms with Crippen LogP contribution in [-0.4, -0.2) is 31.0 Å². The number of hydrogen-bond donors (Lipinski definition) is 1. The SMILES string of the molecule is COc1cccnc1N[C@H]1c2ccccc2N(CC=O)[C@@H](C2CC2)[C@@H]1C. The Kier molecular flexibility index (Phi) is 4.53. The van der Waals surface area contributed by atoms with Crippen molar-refractivity contribution in [1.29, 1.82) is 0 Å². The molecular weight excluding hydrogens is 326 g/mol. The van der Waals surface area contributed by atoms with Crippen LogP contribution in [0.1, 0.15) is 31.4 Å².